The van der Waals surface area contributed by atoms with Crippen molar-refractivity contribution in [2.75, 3.05) is 0 Å². The van der Waals surface area contributed by atoms with Gasteiger partial charge in [-0.05, 0) is 50.2 Å². The maximum atomic E-state index is 12.5. The Hall–Kier alpha value is -1.81. The summed E-state index contributed by atoms with van der Waals surface area (Å²) in [5.74, 6) is 0.225. The largest absolute Gasteiger partial charge is 0.451 e. The molecule has 0 fully saturated rings. The smallest absolute Gasteiger partial charge is 0.298 e. The normalized spacial score (nSPS) is 11.1. The van der Waals surface area contributed by atoms with Gasteiger partial charge in [-0.25, -0.2) is 0 Å². The summed E-state index contributed by atoms with van der Waals surface area (Å²) in [4.78, 5) is 12.5. The molecule has 0 atom stereocenters. The van der Waals surface area contributed by atoms with Gasteiger partial charge in [0, 0.05) is 21.2 Å². The van der Waals surface area contributed by atoms with Gasteiger partial charge < -0.3 is 4.42 Å². The minimum absolute atomic E-state index is 0.132. The summed E-state index contributed by atoms with van der Waals surface area (Å²) in [6.07, 6.45) is 0. The van der Waals surface area contributed by atoms with Crippen molar-refractivity contribution in [3.05, 3.63) is 58.0 Å². The lowest BCUT2D eigenvalue weighted by Crippen LogP contribution is -2.13. The van der Waals surface area contributed by atoms with Gasteiger partial charge >= 0.3 is 0 Å². The van der Waals surface area contributed by atoms with Crippen molar-refractivity contribution in [2.45, 2.75) is 13.8 Å². The molecule has 3 aromatic rings. The number of hydrogen-bond donors (Lipinski definition) is 0. The van der Waals surface area contributed by atoms with Gasteiger partial charge in [-0.2, -0.15) is 0 Å². The zero-order valence-electron chi connectivity index (χ0n) is 10.6. The Morgan fingerprint density at radius 1 is 1.11 bits per heavy atom. The van der Waals surface area contributed by atoms with Crippen LogP contribution in [-0.4, -0.2) is 10.5 Å². The highest BCUT2D eigenvalue weighted by Crippen LogP contribution is 2.24. The Morgan fingerprint density at radius 3 is 2.47 bits per heavy atom. The second kappa shape index (κ2) is 4.38. The van der Waals surface area contributed by atoms with Crippen molar-refractivity contribution >= 4 is 32.8 Å². The zero-order chi connectivity index (χ0) is 13.6. The van der Waals surface area contributed by atoms with Crippen molar-refractivity contribution in [1.82, 2.24) is 4.57 Å². The first-order valence-corrected chi connectivity index (χ1v) is 6.74. The van der Waals surface area contributed by atoms with Gasteiger partial charge in [0.05, 0.1) is 0 Å². The molecule has 0 N–H and O–H groups in total. The molecule has 19 heavy (non-hydrogen) atoms. The highest BCUT2D eigenvalue weighted by molar-refractivity contribution is 9.10. The second-order valence-electron chi connectivity index (χ2n) is 4.55. The van der Waals surface area contributed by atoms with Crippen LogP contribution in [0.5, 0.6) is 0 Å². The van der Waals surface area contributed by atoms with Crippen molar-refractivity contribution in [1.29, 1.82) is 0 Å². The van der Waals surface area contributed by atoms with Crippen LogP contribution in [-0.2, 0) is 0 Å². The van der Waals surface area contributed by atoms with Gasteiger partial charge in [0.2, 0.25) is 0 Å². The maximum Gasteiger partial charge on any atom is 0.298 e. The minimum atomic E-state index is -0.132. The summed E-state index contributed by atoms with van der Waals surface area (Å²) in [6, 6.07) is 11.3. The van der Waals surface area contributed by atoms with Gasteiger partial charge in [-0.1, -0.05) is 15.9 Å². The van der Waals surface area contributed by atoms with E-state index in [0.29, 0.717) is 11.3 Å². The first kappa shape index (κ1) is 12.2. The monoisotopic (exact) mass is 317 g/mol. The average Bonchev–Trinajstić information content (AvgIpc) is 2.92. The van der Waals surface area contributed by atoms with Gasteiger partial charge in [-0.3, -0.25) is 9.36 Å². The number of furan rings is 1. The number of aromatic nitrogens is 1. The number of carbonyl (C=O) groups excluding carboxylic acids is 1. The van der Waals surface area contributed by atoms with Crippen LogP contribution in [0.25, 0.3) is 11.0 Å². The molecule has 0 aliphatic carbocycles. The van der Waals surface area contributed by atoms with Crippen molar-refractivity contribution < 1.29 is 9.21 Å². The van der Waals surface area contributed by atoms with Gasteiger partial charge in [0.25, 0.3) is 5.91 Å². The van der Waals surface area contributed by atoms with Crippen molar-refractivity contribution in [2.24, 2.45) is 0 Å². The molecule has 0 spiro atoms. The number of hydrogen-bond acceptors (Lipinski definition) is 2. The SMILES string of the molecule is Cc1ccc(C)n1C(=O)c1cc2cc(Br)ccc2o1. The number of halogens is 1. The molecule has 0 aliphatic heterocycles. The number of rotatable bonds is 1. The summed E-state index contributed by atoms with van der Waals surface area (Å²) in [6.45, 7) is 3.81. The fraction of sp³-hybridized carbons (Fsp3) is 0.133. The number of benzene rings is 1. The number of fused-ring (bicyclic) bond motifs is 1. The number of aryl methyl sites for hydroxylation is 2. The quantitative estimate of drug-likeness (QED) is 0.670. The van der Waals surface area contributed by atoms with Crippen LogP contribution in [0, 0.1) is 13.8 Å². The fourth-order valence-electron chi connectivity index (χ4n) is 2.22. The molecule has 0 unspecified atom stereocenters. The molecule has 0 radical (unpaired) electrons. The molecular weight excluding hydrogens is 306 g/mol. The van der Waals surface area contributed by atoms with Crippen molar-refractivity contribution in [3.63, 3.8) is 0 Å². The van der Waals surface area contributed by atoms with Gasteiger partial charge in [0.15, 0.2) is 5.76 Å². The van der Waals surface area contributed by atoms with E-state index in [2.05, 4.69) is 15.9 Å². The maximum absolute atomic E-state index is 12.5. The molecule has 0 aliphatic rings. The lowest BCUT2D eigenvalue weighted by Gasteiger charge is -2.04. The van der Waals surface area contributed by atoms with Gasteiger partial charge in [0.1, 0.15) is 5.58 Å². The van der Waals surface area contributed by atoms with Crippen LogP contribution < -0.4 is 0 Å². The predicted octanol–water partition coefficient (Wildman–Crippen LogP) is 4.30. The highest BCUT2D eigenvalue weighted by atomic mass is 79.9. The van der Waals surface area contributed by atoms with E-state index in [0.717, 1.165) is 21.2 Å². The molecule has 0 saturated carbocycles. The van der Waals surface area contributed by atoms with Crippen LogP contribution in [0.2, 0.25) is 0 Å². The Balaban J connectivity index is 2.12. The summed E-state index contributed by atoms with van der Waals surface area (Å²) < 4.78 is 8.25. The van der Waals surface area contributed by atoms with Crippen LogP contribution in [0.15, 0.2) is 45.3 Å². The zero-order valence-corrected chi connectivity index (χ0v) is 12.2. The first-order chi connectivity index (χ1) is 9.06. The highest BCUT2D eigenvalue weighted by Gasteiger charge is 2.17. The van der Waals surface area contributed by atoms with E-state index in [-0.39, 0.29) is 5.91 Å². The third kappa shape index (κ3) is 2.02. The van der Waals surface area contributed by atoms with E-state index in [4.69, 9.17) is 4.42 Å². The third-order valence-electron chi connectivity index (χ3n) is 3.16. The Morgan fingerprint density at radius 2 is 1.79 bits per heavy atom. The molecule has 2 aromatic heterocycles. The number of carbonyl (C=O) groups is 1. The first-order valence-electron chi connectivity index (χ1n) is 5.95. The molecule has 96 valence electrons. The van der Waals surface area contributed by atoms with Crippen LogP contribution in [0.4, 0.5) is 0 Å². The van der Waals surface area contributed by atoms with E-state index in [1.165, 1.54) is 0 Å². The second-order valence-corrected chi connectivity index (χ2v) is 5.47. The molecular formula is C15H12BrNO2. The molecule has 4 heteroatoms. The molecule has 0 bridgehead atoms. The van der Waals surface area contributed by atoms with Crippen LogP contribution in [0.3, 0.4) is 0 Å². The van der Waals surface area contributed by atoms with Crippen molar-refractivity contribution in [3.8, 4) is 0 Å². The summed E-state index contributed by atoms with van der Waals surface area (Å²) in [7, 11) is 0. The molecule has 0 saturated heterocycles. The van der Waals surface area contributed by atoms with Crippen LogP contribution in [0.1, 0.15) is 21.9 Å². The molecule has 2 heterocycles. The lowest BCUT2D eigenvalue weighted by atomic mass is 10.2. The average molecular weight is 318 g/mol. The van der Waals surface area contributed by atoms with E-state index >= 15 is 0 Å². The summed E-state index contributed by atoms with van der Waals surface area (Å²) in [5.41, 5.74) is 2.53. The predicted molar refractivity (Wildman–Crippen MR) is 77.5 cm³/mol. The molecule has 1 aromatic carbocycles. The summed E-state index contributed by atoms with van der Waals surface area (Å²) in [5, 5.41) is 0.917. The Bertz CT molecular complexity index is 763. The van der Waals surface area contributed by atoms with E-state index < -0.39 is 0 Å². The molecule has 0 amide bonds. The fourth-order valence-corrected chi connectivity index (χ4v) is 2.60. The standard InChI is InChI=1S/C15H12BrNO2/c1-9-3-4-10(2)17(9)15(18)14-8-11-7-12(16)5-6-13(11)19-14/h3-8H,1-2H3. The lowest BCUT2D eigenvalue weighted by molar-refractivity contribution is 0.0931. The van der Waals surface area contributed by atoms with E-state index in [1.54, 1.807) is 10.6 Å². The Labute approximate surface area is 119 Å². The molecule has 3 rings (SSSR count). The van der Waals surface area contributed by atoms with Crippen LogP contribution >= 0.6 is 15.9 Å². The van der Waals surface area contributed by atoms with E-state index in [9.17, 15) is 4.79 Å². The van der Waals surface area contributed by atoms with E-state index in [1.807, 2.05) is 44.2 Å². The summed E-state index contributed by atoms with van der Waals surface area (Å²) >= 11 is 3.41. The number of nitrogens with zero attached hydrogens (tertiary/aromatic N) is 1. The Kier molecular flexibility index (Phi) is 2.82. The minimum Gasteiger partial charge on any atom is -0.451 e. The topological polar surface area (TPSA) is 35.1 Å². The third-order valence-corrected chi connectivity index (χ3v) is 3.66. The van der Waals surface area contributed by atoms with Gasteiger partial charge in [-0.15, -0.1) is 0 Å². The molecule has 3 nitrogen and oxygen atoms in total.